The Morgan fingerprint density at radius 3 is 2.15 bits per heavy atom. The van der Waals surface area contributed by atoms with Gasteiger partial charge in [0.2, 0.25) is 0 Å². The van der Waals surface area contributed by atoms with Crippen molar-refractivity contribution in [2.45, 2.75) is 46.1 Å². The number of ketones is 1. The van der Waals surface area contributed by atoms with Crippen molar-refractivity contribution in [3.63, 3.8) is 0 Å². The van der Waals surface area contributed by atoms with Gasteiger partial charge < -0.3 is 19.5 Å². The number of aldehydes is 2. The summed E-state index contributed by atoms with van der Waals surface area (Å²) in [6, 6.07) is 7.68. The van der Waals surface area contributed by atoms with E-state index in [0.717, 1.165) is 64.5 Å². The Kier molecular flexibility index (Phi) is 15.9. The third-order valence-electron chi connectivity index (χ3n) is 5.27. The summed E-state index contributed by atoms with van der Waals surface area (Å²) in [5.74, 6) is 0.547. The lowest BCUT2D eigenvalue weighted by Gasteiger charge is -2.35. The molecule has 0 unspecified atom stereocenters. The van der Waals surface area contributed by atoms with Gasteiger partial charge in [-0.2, -0.15) is 0 Å². The number of nitrogens with zero attached hydrogens (tertiary/aromatic N) is 2. The molecular formula is C26H42N2O5. The number of piperazine rings is 1. The van der Waals surface area contributed by atoms with Crippen LogP contribution in [0.4, 0.5) is 5.69 Å². The van der Waals surface area contributed by atoms with Crippen molar-refractivity contribution in [1.29, 1.82) is 0 Å². The molecule has 7 nitrogen and oxygen atoms in total. The van der Waals surface area contributed by atoms with E-state index in [9.17, 15) is 14.4 Å². The minimum absolute atomic E-state index is 0.0590. The summed E-state index contributed by atoms with van der Waals surface area (Å²) < 4.78 is 5.47. The third-order valence-corrected chi connectivity index (χ3v) is 5.27. The molecule has 1 heterocycles. The van der Waals surface area contributed by atoms with E-state index in [1.807, 2.05) is 24.3 Å². The number of hydrogen-bond acceptors (Lipinski definition) is 7. The Labute approximate surface area is 199 Å². The van der Waals surface area contributed by atoms with Gasteiger partial charge in [-0.25, -0.2) is 0 Å². The van der Waals surface area contributed by atoms with Crippen molar-refractivity contribution in [2.24, 2.45) is 5.92 Å². The first kappa shape index (κ1) is 30.6. The normalized spacial score (nSPS) is 13.8. The molecule has 1 aliphatic heterocycles. The number of benzene rings is 1. The van der Waals surface area contributed by atoms with Crippen molar-refractivity contribution in [2.75, 3.05) is 51.3 Å². The topological polar surface area (TPSA) is 87.2 Å². The van der Waals surface area contributed by atoms with E-state index < -0.39 is 5.60 Å². The van der Waals surface area contributed by atoms with E-state index in [1.54, 1.807) is 13.8 Å². The first-order chi connectivity index (χ1) is 15.7. The summed E-state index contributed by atoms with van der Waals surface area (Å²) in [4.78, 5) is 36.8. The summed E-state index contributed by atoms with van der Waals surface area (Å²) in [5.41, 5.74) is 1.16. The number of carbonyl (C=O) groups excluding carboxylic acids is 3. The SMILES string of the molecule is C=CC(=O)C(C)(C)OCCC(C)C.CO.O=CCCN1CCN(c2ccc(C=O)cc2)CC1. The molecule has 0 radical (unpaired) electrons. The van der Waals surface area contributed by atoms with Gasteiger partial charge >= 0.3 is 0 Å². The minimum Gasteiger partial charge on any atom is -0.400 e. The molecule has 2 rings (SSSR count). The maximum atomic E-state index is 11.3. The molecule has 186 valence electrons. The van der Waals surface area contributed by atoms with Crippen molar-refractivity contribution in [3.05, 3.63) is 42.5 Å². The molecule has 0 bridgehead atoms. The van der Waals surface area contributed by atoms with Gasteiger partial charge in [-0.1, -0.05) is 20.4 Å². The fourth-order valence-corrected chi connectivity index (χ4v) is 3.10. The van der Waals surface area contributed by atoms with E-state index in [4.69, 9.17) is 9.84 Å². The van der Waals surface area contributed by atoms with Crippen LogP contribution >= 0.6 is 0 Å². The standard InChI is InChI=1S/C14H18N2O2.C11H20O2.CH4O/c17-11-1-6-15-7-9-16(10-8-15)14-4-2-13(12-18)3-5-14;1-6-10(12)11(4,5)13-8-7-9(2)3;1-2/h2-5,11-12H,1,6-10H2;6,9H,1,7-8H2,2-5H3;2H,1H3. The molecule has 33 heavy (non-hydrogen) atoms. The van der Waals surface area contributed by atoms with Crippen LogP contribution < -0.4 is 4.90 Å². The molecule has 0 aliphatic carbocycles. The fourth-order valence-electron chi connectivity index (χ4n) is 3.10. The van der Waals surface area contributed by atoms with Gasteiger partial charge in [0.25, 0.3) is 0 Å². The Bertz CT molecular complexity index is 693. The molecule has 0 saturated carbocycles. The van der Waals surface area contributed by atoms with Crippen LogP contribution in [-0.2, 0) is 14.3 Å². The quantitative estimate of drug-likeness (QED) is 0.398. The van der Waals surface area contributed by atoms with E-state index in [-0.39, 0.29) is 5.78 Å². The van der Waals surface area contributed by atoms with Crippen molar-refractivity contribution in [3.8, 4) is 0 Å². The molecule has 1 aliphatic rings. The number of aliphatic hydroxyl groups excluding tert-OH is 1. The maximum absolute atomic E-state index is 11.3. The zero-order valence-electron chi connectivity index (χ0n) is 21.0. The Hall–Kier alpha value is -2.35. The lowest BCUT2D eigenvalue weighted by atomic mass is 10.0. The molecule has 1 saturated heterocycles. The molecule has 1 aromatic rings. The van der Waals surface area contributed by atoms with Crippen molar-refractivity contribution < 1.29 is 24.2 Å². The smallest absolute Gasteiger partial charge is 0.186 e. The monoisotopic (exact) mass is 462 g/mol. The Morgan fingerprint density at radius 1 is 1.12 bits per heavy atom. The van der Waals surface area contributed by atoms with Crippen LogP contribution in [0.15, 0.2) is 36.9 Å². The van der Waals surface area contributed by atoms with E-state index in [0.29, 0.717) is 24.5 Å². The molecule has 0 aromatic heterocycles. The van der Waals surface area contributed by atoms with Crippen LogP contribution in [-0.4, -0.2) is 80.4 Å². The second-order valence-corrected chi connectivity index (χ2v) is 8.60. The zero-order valence-corrected chi connectivity index (χ0v) is 21.0. The van der Waals surface area contributed by atoms with Gasteiger partial charge in [0.15, 0.2) is 5.78 Å². The molecule has 1 aromatic carbocycles. The summed E-state index contributed by atoms with van der Waals surface area (Å²) in [6.07, 6.45) is 4.75. The van der Waals surface area contributed by atoms with E-state index in [2.05, 4.69) is 30.2 Å². The van der Waals surface area contributed by atoms with Crippen LogP contribution in [0.3, 0.4) is 0 Å². The van der Waals surface area contributed by atoms with E-state index in [1.165, 1.54) is 6.08 Å². The highest BCUT2D eigenvalue weighted by Gasteiger charge is 2.25. The van der Waals surface area contributed by atoms with Crippen molar-refractivity contribution >= 4 is 24.0 Å². The highest BCUT2D eigenvalue weighted by molar-refractivity contribution is 5.95. The van der Waals surface area contributed by atoms with Gasteiger partial charge in [-0.15, -0.1) is 0 Å². The predicted molar refractivity (Wildman–Crippen MR) is 134 cm³/mol. The zero-order chi connectivity index (χ0) is 25.3. The highest BCUT2D eigenvalue weighted by Crippen LogP contribution is 2.17. The van der Waals surface area contributed by atoms with Crippen LogP contribution in [0.25, 0.3) is 0 Å². The maximum Gasteiger partial charge on any atom is 0.186 e. The van der Waals surface area contributed by atoms with Gasteiger partial charge in [-0.3, -0.25) is 14.5 Å². The first-order valence-corrected chi connectivity index (χ1v) is 11.4. The first-order valence-electron chi connectivity index (χ1n) is 11.4. The fraction of sp³-hybridized carbons (Fsp3) is 0.577. The number of aliphatic hydroxyl groups is 1. The second-order valence-electron chi connectivity index (χ2n) is 8.60. The molecule has 1 N–H and O–H groups in total. The average Bonchev–Trinajstić information content (AvgIpc) is 2.84. The summed E-state index contributed by atoms with van der Waals surface area (Å²) in [6.45, 7) is 16.7. The number of rotatable bonds is 11. The Morgan fingerprint density at radius 2 is 1.70 bits per heavy atom. The van der Waals surface area contributed by atoms with Gasteiger partial charge in [-0.05, 0) is 56.5 Å². The number of anilines is 1. The molecule has 0 atom stereocenters. The van der Waals surface area contributed by atoms with Crippen LogP contribution in [0, 0.1) is 5.92 Å². The number of hydrogen-bond donors (Lipinski definition) is 1. The van der Waals surface area contributed by atoms with Gasteiger partial charge in [0, 0.05) is 64.1 Å². The van der Waals surface area contributed by atoms with Crippen LogP contribution in [0.5, 0.6) is 0 Å². The summed E-state index contributed by atoms with van der Waals surface area (Å²) in [5, 5.41) is 7.00. The molecular weight excluding hydrogens is 420 g/mol. The highest BCUT2D eigenvalue weighted by atomic mass is 16.5. The average molecular weight is 463 g/mol. The number of carbonyl (C=O) groups is 3. The lowest BCUT2D eigenvalue weighted by molar-refractivity contribution is -0.135. The van der Waals surface area contributed by atoms with Crippen LogP contribution in [0.1, 0.15) is 50.9 Å². The number of ether oxygens (including phenoxy) is 1. The lowest BCUT2D eigenvalue weighted by Crippen LogP contribution is -2.46. The predicted octanol–water partition coefficient (Wildman–Crippen LogP) is 3.40. The molecule has 0 spiro atoms. The van der Waals surface area contributed by atoms with Crippen LogP contribution in [0.2, 0.25) is 0 Å². The summed E-state index contributed by atoms with van der Waals surface area (Å²) in [7, 11) is 1.00. The van der Waals surface area contributed by atoms with Gasteiger partial charge in [0.1, 0.15) is 18.2 Å². The molecule has 0 amide bonds. The van der Waals surface area contributed by atoms with Crippen molar-refractivity contribution in [1.82, 2.24) is 4.90 Å². The second kappa shape index (κ2) is 17.2. The largest absolute Gasteiger partial charge is 0.400 e. The molecule has 1 fully saturated rings. The van der Waals surface area contributed by atoms with E-state index >= 15 is 0 Å². The third kappa shape index (κ3) is 12.5. The summed E-state index contributed by atoms with van der Waals surface area (Å²) >= 11 is 0. The Balaban J connectivity index is 0.000000608. The minimum atomic E-state index is -0.712. The van der Waals surface area contributed by atoms with Gasteiger partial charge in [0.05, 0.1) is 0 Å². The molecule has 7 heteroatoms.